The minimum absolute atomic E-state index is 0.128. The number of nitro benzene ring substituents is 1. The van der Waals surface area contributed by atoms with Crippen molar-refractivity contribution in [2.45, 2.75) is 6.42 Å². The first-order chi connectivity index (χ1) is 7.15. The Bertz CT molecular complexity index is 357. The van der Waals surface area contributed by atoms with Crippen molar-refractivity contribution in [1.29, 1.82) is 0 Å². The first-order valence-electron chi connectivity index (χ1n) is 4.28. The van der Waals surface area contributed by atoms with Crippen LogP contribution in [0.25, 0.3) is 0 Å². The Kier molecular flexibility index (Phi) is 4.65. The van der Waals surface area contributed by atoms with Gasteiger partial charge in [-0.3, -0.25) is 10.1 Å². The van der Waals surface area contributed by atoms with Gasteiger partial charge in [-0.1, -0.05) is 11.6 Å². The van der Waals surface area contributed by atoms with Gasteiger partial charge < -0.3 is 4.74 Å². The fourth-order valence-electron chi connectivity index (χ4n) is 0.992. The molecule has 1 aromatic carbocycles. The minimum Gasteiger partial charge on any atom is -0.487 e. The molecule has 0 fully saturated rings. The third-order valence-corrected chi connectivity index (χ3v) is 2.16. The molecule has 1 rings (SSSR count). The number of ether oxygens (including phenoxy) is 1. The van der Waals surface area contributed by atoms with Gasteiger partial charge >= 0.3 is 5.69 Å². The smallest absolute Gasteiger partial charge is 0.312 e. The molecule has 0 N–H and O–H groups in total. The van der Waals surface area contributed by atoms with E-state index in [4.69, 9.17) is 27.9 Å². The normalized spacial score (nSPS) is 10.0. The molecule has 15 heavy (non-hydrogen) atoms. The van der Waals surface area contributed by atoms with Crippen molar-refractivity contribution >= 4 is 28.9 Å². The first kappa shape index (κ1) is 12.1. The zero-order valence-electron chi connectivity index (χ0n) is 7.78. The highest BCUT2D eigenvalue weighted by molar-refractivity contribution is 6.30. The molecule has 0 amide bonds. The summed E-state index contributed by atoms with van der Waals surface area (Å²) >= 11 is 11.1. The lowest BCUT2D eigenvalue weighted by atomic mass is 10.3. The van der Waals surface area contributed by atoms with Crippen molar-refractivity contribution in [2.24, 2.45) is 0 Å². The zero-order valence-corrected chi connectivity index (χ0v) is 9.29. The summed E-state index contributed by atoms with van der Waals surface area (Å²) in [5, 5.41) is 11.0. The fourth-order valence-corrected chi connectivity index (χ4v) is 1.27. The molecule has 0 aromatic heterocycles. The number of nitro groups is 1. The van der Waals surface area contributed by atoms with Crippen LogP contribution in [-0.2, 0) is 0 Å². The average Bonchev–Trinajstić information content (AvgIpc) is 2.20. The van der Waals surface area contributed by atoms with E-state index in [0.29, 0.717) is 23.9 Å². The van der Waals surface area contributed by atoms with Crippen molar-refractivity contribution in [1.82, 2.24) is 0 Å². The summed E-state index contributed by atoms with van der Waals surface area (Å²) in [5.74, 6) is 0.677. The molecule has 0 spiro atoms. The number of nitrogens with zero attached hydrogens (tertiary/aromatic N) is 1. The maximum Gasteiger partial charge on any atom is 0.312 e. The number of alkyl halides is 1. The maximum absolute atomic E-state index is 10.6. The van der Waals surface area contributed by atoms with Gasteiger partial charge in [0.25, 0.3) is 0 Å². The van der Waals surface area contributed by atoms with Crippen LogP contribution in [0, 0.1) is 10.1 Å². The molecule has 82 valence electrons. The highest BCUT2D eigenvalue weighted by atomic mass is 35.5. The monoisotopic (exact) mass is 249 g/mol. The minimum atomic E-state index is -0.526. The number of hydrogen-bond donors (Lipinski definition) is 0. The highest BCUT2D eigenvalue weighted by Gasteiger charge is 2.15. The number of rotatable bonds is 5. The van der Waals surface area contributed by atoms with Gasteiger partial charge in [-0.15, -0.1) is 11.6 Å². The Balaban J connectivity index is 2.81. The molecular formula is C9H9Cl2NO3. The van der Waals surface area contributed by atoms with Crippen molar-refractivity contribution in [2.75, 3.05) is 12.5 Å². The Morgan fingerprint density at radius 2 is 2.20 bits per heavy atom. The van der Waals surface area contributed by atoms with Gasteiger partial charge in [0.05, 0.1) is 11.5 Å². The number of hydrogen-bond acceptors (Lipinski definition) is 3. The summed E-state index contributed by atoms with van der Waals surface area (Å²) in [6.45, 7) is 0.353. The van der Waals surface area contributed by atoms with Gasteiger partial charge in [0.1, 0.15) is 0 Å². The van der Waals surface area contributed by atoms with Crippen LogP contribution in [0.4, 0.5) is 5.69 Å². The van der Waals surface area contributed by atoms with Crippen LogP contribution in [-0.4, -0.2) is 17.4 Å². The van der Waals surface area contributed by atoms with Crippen LogP contribution in [0.15, 0.2) is 18.2 Å². The third kappa shape index (κ3) is 3.57. The van der Waals surface area contributed by atoms with Crippen LogP contribution >= 0.6 is 23.2 Å². The van der Waals surface area contributed by atoms with Crippen LogP contribution in [0.3, 0.4) is 0 Å². The standard InChI is InChI=1S/C9H9Cl2NO3/c10-4-1-5-15-9-3-2-7(11)6-8(9)12(13)14/h2-3,6H,1,4-5H2. The van der Waals surface area contributed by atoms with E-state index in [-0.39, 0.29) is 11.4 Å². The van der Waals surface area contributed by atoms with E-state index >= 15 is 0 Å². The second kappa shape index (κ2) is 5.78. The van der Waals surface area contributed by atoms with Gasteiger partial charge in [-0.25, -0.2) is 0 Å². The predicted octanol–water partition coefficient (Wildman–Crippen LogP) is 3.26. The van der Waals surface area contributed by atoms with Crippen LogP contribution in [0.1, 0.15) is 6.42 Å². The lowest BCUT2D eigenvalue weighted by molar-refractivity contribution is -0.385. The summed E-state index contributed by atoms with van der Waals surface area (Å²) in [7, 11) is 0. The van der Waals surface area contributed by atoms with E-state index in [1.54, 1.807) is 6.07 Å². The van der Waals surface area contributed by atoms with Gasteiger partial charge in [0.15, 0.2) is 5.75 Å². The average molecular weight is 250 g/mol. The highest BCUT2D eigenvalue weighted by Crippen LogP contribution is 2.29. The molecule has 0 bridgehead atoms. The molecule has 0 radical (unpaired) electrons. The zero-order chi connectivity index (χ0) is 11.3. The largest absolute Gasteiger partial charge is 0.487 e. The van der Waals surface area contributed by atoms with E-state index in [0.717, 1.165) is 0 Å². The van der Waals surface area contributed by atoms with Crippen molar-refractivity contribution in [3.63, 3.8) is 0 Å². The maximum atomic E-state index is 10.6. The SMILES string of the molecule is O=[N+]([O-])c1cc(Cl)ccc1OCCCCl. The third-order valence-electron chi connectivity index (χ3n) is 1.65. The molecule has 1 aromatic rings. The second-order valence-corrected chi connectivity index (χ2v) is 3.57. The Morgan fingerprint density at radius 3 is 2.80 bits per heavy atom. The van der Waals surface area contributed by atoms with Crippen molar-refractivity contribution in [3.05, 3.63) is 33.3 Å². The van der Waals surface area contributed by atoms with E-state index < -0.39 is 4.92 Å². The second-order valence-electron chi connectivity index (χ2n) is 2.76. The summed E-state index contributed by atoms with van der Waals surface area (Å²) in [6, 6.07) is 4.29. The van der Waals surface area contributed by atoms with Crippen molar-refractivity contribution < 1.29 is 9.66 Å². The van der Waals surface area contributed by atoms with E-state index in [1.165, 1.54) is 12.1 Å². The van der Waals surface area contributed by atoms with Crippen LogP contribution < -0.4 is 4.74 Å². The summed E-state index contributed by atoms with van der Waals surface area (Å²) < 4.78 is 5.21. The van der Waals surface area contributed by atoms with Gasteiger partial charge in [0, 0.05) is 17.0 Å². The Labute approximate surface area is 96.9 Å². The lowest BCUT2D eigenvalue weighted by Crippen LogP contribution is -2.00. The number of benzene rings is 1. The van der Waals surface area contributed by atoms with Crippen LogP contribution in [0.5, 0.6) is 5.75 Å². The first-order valence-corrected chi connectivity index (χ1v) is 5.19. The molecule has 0 unspecified atom stereocenters. The van der Waals surface area contributed by atoms with Crippen LogP contribution in [0.2, 0.25) is 5.02 Å². The lowest BCUT2D eigenvalue weighted by Gasteiger charge is -2.05. The quantitative estimate of drug-likeness (QED) is 0.349. The van der Waals surface area contributed by atoms with Gasteiger partial charge in [0.2, 0.25) is 0 Å². The predicted molar refractivity (Wildman–Crippen MR) is 58.9 cm³/mol. The molecule has 0 saturated heterocycles. The molecule has 0 aliphatic rings. The molecule has 0 aliphatic heterocycles. The molecule has 4 nitrogen and oxygen atoms in total. The Hall–Kier alpha value is -1.00. The molecule has 0 heterocycles. The summed E-state index contributed by atoms with van der Waals surface area (Å²) in [4.78, 5) is 10.1. The molecule has 0 aliphatic carbocycles. The fraction of sp³-hybridized carbons (Fsp3) is 0.333. The van der Waals surface area contributed by atoms with E-state index in [1.807, 2.05) is 0 Å². The summed E-state index contributed by atoms with van der Waals surface area (Å²) in [6.07, 6.45) is 0.640. The topological polar surface area (TPSA) is 52.4 Å². The van der Waals surface area contributed by atoms with E-state index in [2.05, 4.69) is 0 Å². The molecular weight excluding hydrogens is 241 g/mol. The molecule has 0 saturated carbocycles. The summed E-state index contributed by atoms with van der Waals surface area (Å²) in [5.41, 5.74) is -0.128. The number of halogens is 2. The Morgan fingerprint density at radius 1 is 1.47 bits per heavy atom. The van der Waals surface area contributed by atoms with E-state index in [9.17, 15) is 10.1 Å². The van der Waals surface area contributed by atoms with Crippen molar-refractivity contribution in [3.8, 4) is 5.75 Å². The van der Waals surface area contributed by atoms with Gasteiger partial charge in [-0.2, -0.15) is 0 Å². The van der Waals surface area contributed by atoms with Gasteiger partial charge in [-0.05, 0) is 18.6 Å². The molecule has 0 atom stereocenters. The molecule has 6 heteroatoms.